The highest BCUT2D eigenvalue weighted by Crippen LogP contribution is 2.33. The molecule has 1 aliphatic heterocycles. The van der Waals surface area contributed by atoms with E-state index in [9.17, 15) is 4.55 Å². The largest absolute Gasteiger partial charge is 0.610 e. The number of aryl methyl sites for hydroxylation is 1. The van der Waals surface area contributed by atoms with Gasteiger partial charge in [0.15, 0.2) is 10.8 Å². The van der Waals surface area contributed by atoms with E-state index in [0.717, 1.165) is 17.0 Å². The lowest BCUT2D eigenvalue weighted by atomic mass is 10.1. The standard InChI is InChI=1S/C12H17NOS/c1-3-4-5-10-6-7-11-12(8-10)15(14)9-13(11)2/h6-8H,3-5,9H2,1-2H3. The number of rotatable bonds is 3. The average molecular weight is 223 g/mol. The van der Waals surface area contributed by atoms with Gasteiger partial charge < -0.3 is 9.45 Å². The van der Waals surface area contributed by atoms with Crippen molar-refractivity contribution in [2.75, 3.05) is 17.8 Å². The van der Waals surface area contributed by atoms with Crippen LogP contribution in [0.25, 0.3) is 0 Å². The molecule has 0 spiro atoms. The Bertz CT molecular complexity index is 353. The number of nitrogens with zero attached hydrogens (tertiary/aromatic N) is 1. The highest BCUT2D eigenvalue weighted by Gasteiger charge is 2.28. The zero-order valence-corrected chi connectivity index (χ0v) is 10.1. The fourth-order valence-corrected chi connectivity index (χ4v) is 3.28. The van der Waals surface area contributed by atoms with Crippen molar-refractivity contribution in [2.24, 2.45) is 0 Å². The van der Waals surface area contributed by atoms with Gasteiger partial charge >= 0.3 is 0 Å². The van der Waals surface area contributed by atoms with Gasteiger partial charge in [-0.1, -0.05) is 19.4 Å². The molecule has 15 heavy (non-hydrogen) atoms. The molecule has 2 rings (SSSR count). The third kappa shape index (κ3) is 2.13. The predicted octanol–water partition coefficient (Wildman–Crippen LogP) is 2.54. The molecule has 0 saturated carbocycles. The summed E-state index contributed by atoms with van der Waals surface area (Å²) in [6.45, 7) is 2.19. The molecule has 2 nitrogen and oxygen atoms in total. The normalized spacial score (nSPS) is 19.4. The fraction of sp³-hybridized carbons (Fsp3) is 0.500. The van der Waals surface area contributed by atoms with Gasteiger partial charge in [0, 0.05) is 18.2 Å². The Morgan fingerprint density at radius 1 is 1.47 bits per heavy atom. The first-order chi connectivity index (χ1) is 7.22. The molecule has 3 heteroatoms. The van der Waals surface area contributed by atoms with Crippen LogP contribution in [0.1, 0.15) is 25.3 Å². The minimum atomic E-state index is -0.818. The lowest BCUT2D eigenvalue weighted by molar-refractivity contribution is 0.598. The second kappa shape index (κ2) is 4.45. The number of hydrogen-bond donors (Lipinski definition) is 0. The summed E-state index contributed by atoms with van der Waals surface area (Å²) in [5.41, 5.74) is 2.45. The van der Waals surface area contributed by atoms with Gasteiger partial charge in [0.1, 0.15) is 0 Å². The molecule has 0 amide bonds. The lowest BCUT2D eigenvalue weighted by Crippen LogP contribution is -2.16. The van der Waals surface area contributed by atoms with Gasteiger partial charge in [-0.15, -0.1) is 0 Å². The van der Waals surface area contributed by atoms with Crippen LogP contribution in [-0.2, 0) is 17.6 Å². The number of anilines is 1. The van der Waals surface area contributed by atoms with E-state index in [2.05, 4.69) is 30.0 Å². The van der Waals surface area contributed by atoms with Crippen molar-refractivity contribution in [3.63, 3.8) is 0 Å². The summed E-state index contributed by atoms with van der Waals surface area (Å²) in [6.07, 6.45) is 3.52. The molecule has 1 heterocycles. The molecule has 1 aromatic rings. The van der Waals surface area contributed by atoms with Crippen LogP contribution < -0.4 is 4.90 Å². The minimum absolute atomic E-state index is 0.645. The van der Waals surface area contributed by atoms with Crippen molar-refractivity contribution in [1.29, 1.82) is 0 Å². The highest BCUT2D eigenvalue weighted by atomic mass is 32.2. The van der Waals surface area contributed by atoms with Gasteiger partial charge in [-0.3, -0.25) is 0 Å². The van der Waals surface area contributed by atoms with Crippen LogP contribution in [0.5, 0.6) is 0 Å². The van der Waals surface area contributed by atoms with Crippen molar-refractivity contribution >= 4 is 16.9 Å². The molecule has 0 radical (unpaired) electrons. The number of fused-ring (bicyclic) bond motifs is 1. The summed E-state index contributed by atoms with van der Waals surface area (Å²) < 4.78 is 11.8. The summed E-state index contributed by atoms with van der Waals surface area (Å²) in [7, 11) is 2.00. The Morgan fingerprint density at radius 3 is 3.00 bits per heavy atom. The third-order valence-corrected chi connectivity index (χ3v) is 4.25. The summed E-state index contributed by atoms with van der Waals surface area (Å²) >= 11 is -0.818. The second-order valence-corrected chi connectivity index (χ2v) is 5.47. The lowest BCUT2D eigenvalue weighted by Gasteiger charge is -2.06. The zero-order valence-electron chi connectivity index (χ0n) is 9.32. The monoisotopic (exact) mass is 223 g/mol. The van der Waals surface area contributed by atoms with Crippen LogP contribution in [0.4, 0.5) is 5.69 Å². The Labute approximate surface area is 94.5 Å². The maximum Gasteiger partial charge on any atom is 0.183 e. The molecule has 1 atom stereocenters. The Hall–Kier alpha value is -0.670. The quantitative estimate of drug-likeness (QED) is 0.736. The van der Waals surface area contributed by atoms with Crippen molar-refractivity contribution in [3.05, 3.63) is 23.8 Å². The molecule has 0 aliphatic carbocycles. The number of hydrogen-bond acceptors (Lipinski definition) is 2. The summed E-state index contributed by atoms with van der Waals surface area (Å²) in [4.78, 5) is 3.08. The molecule has 0 saturated heterocycles. The van der Waals surface area contributed by atoms with Gasteiger partial charge in [0.25, 0.3) is 0 Å². The topological polar surface area (TPSA) is 26.3 Å². The van der Waals surface area contributed by atoms with E-state index in [0.29, 0.717) is 5.88 Å². The van der Waals surface area contributed by atoms with Gasteiger partial charge in [0.05, 0.1) is 5.69 Å². The van der Waals surface area contributed by atoms with Crippen LogP contribution in [-0.4, -0.2) is 17.5 Å². The van der Waals surface area contributed by atoms with E-state index in [4.69, 9.17) is 0 Å². The molecule has 0 aromatic heterocycles. The summed E-state index contributed by atoms with van der Waals surface area (Å²) in [6, 6.07) is 6.38. The van der Waals surface area contributed by atoms with E-state index in [1.807, 2.05) is 7.05 Å². The van der Waals surface area contributed by atoms with Crippen molar-refractivity contribution in [3.8, 4) is 0 Å². The molecular formula is C12H17NOS. The molecule has 82 valence electrons. The van der Waals surface area contributed by atoms with E-state index >= 15 is 0 Å². The van der Waals surface area contributed by atoms with E-state index in [1.54, 1.807) is 0 Å². The molecule has 1 aromatic carbocycles. The number of unbranched alkanes of at least 4 members (excludes halogenated alkanes) is 1. The second-order valence-electron chi connectivity index (χ2n) is 4.08. The number of benzene rings is 1. The Morgan fingerprint density at radius 2 is 2.27 bits per heavy atom. The fourth-order valence-electron chi connectivity index (χ4n) is 1.91. The minimum Gasteiger partial charge on any atom is -0.610 e. The van der Waals surface area contributed by atoms with Crippen LogP contribution in [0.15, 0.2) is 23.1 Å². The van der Waals surface area contributed by atoms with Crippen LogP contribution in [0.3, 0.4) is 0 Å². The highest BCUT2D eigenvalue weighted by molar-refractivity contribution is 7.92. The molecular weight excluding hydrogens is 206 g/mol. The van der Waals surface area contributed by atoms with Gasteiger partial charge in [-0.2, -0.15) is 0 Å². The molecule has 1 unspecified atom stereocenters. The van der Waals surface area contributed by atoms with Crippen LogP contribution in [0.2, 0.25) is 0 Å². The van der Waals surface area contributed by atoms with Crippen LogP contribution >= 0.6 is 0 Å². The van der Waals surface area contributed by atoms with Gasteiger partial charge in [-0.05, 0) is 30.5 Å². The zero-order chi connectivity index (χ0) is 10.8. The first-order valence-electron chi connectivity index (χ1n) is 5.45. The molecule has 1 aliphatic rings. The first-order valence-corrected chi connectivity index (χ1v) is 6.76. The SMILES string of the molecule is CCCCc1ccc2c(c1)[S+]([O-])CN2C. The third-order valence-electron chi connectivity index (χ3n) is 2.81. The van der Waals surface area contributed by atoms with Gasteiger partial charge in [-0.25, -0.2) is 0 Å². The molecule has 0 bridgehead atoms. The summed E-state index contributed by atoms with van der Waals surface area (Å²) in [5, 5.41) is 0. The van der Waals surface area contributed by atoms with E-state index in [1.165, 1.54) is 18.4 Å². The maximum absolute atomic E-state index is 11.8. The molecule has 0 N–H and O–H groups in total. The van der Waals surface area contributed by atoms with E-state index in [-0.39, 0.29) is 0 Å². The maximum atomic E-state index is 11.8. The predicted molar refractivity (Wildman–Crippen MR) is 64.7 cm³/mol. The van der Waals surface area contributed by atoms with Gasteiger partial charge in [0.2, 0.25) is 0 Å². The summed E-state index contributed by atoms with van der Waals surface area (Å²) in [5.74, 6) is 0.645. The first kappa shape index (κ1) is 10.8. The Balaban J connectivity index is 2.22. The van der Waals surface area contributed by atoms with Crippen molar-refractivity contribution in [1.82, 2.24) is 0 Å². The van der Waals surface area contributed by atoms with Crippen LogP contribution in [0, 0.1) is 0 Å². The van der Waals surface area contributed by atoms with E-state index < -0.39 is 11.2 Å². The average Bonchev–Trinajstić information content (AvgIpc) is 2.52. The Kier molecular flexibility index (Phi) is 3.22. The smallest absolute Gasteiger partial charge is 0.183 e. The van der Waals surface area contributed by atoms with Crippen molar-refractivity contribution < 1.29 is 4.55 Å². The van der Waals surface area contributed by atoms with Crippen molar-refractivity contribution in [2.45, 2.75) is 31.1 Å². The molecule has 0 fully saturated rings.